The Morgan fingerprint density at radius 2 is 1.07 bits per heavy atom. The fraction of sp³-hybridized carbons (Fsp3) is 0.0588. The molecule has 0 saturated carbocycles. The first-order valence-electron chi connectivity index (χ1n) is 18.6. The molecule has 1 aliphatic rings. The number of hydrogen-bond acceptors (Lipinski definition) is 3. The van der Waals surface area contributed by atoms with E-state index in [-0.39, 0.29) is 5.41 Å². The quantitative estimate of drug-likeness (QED) is 0.184. The molecule has 10 aromatic rings. The molecule has 3 nitrogen and oxygen atoms in total. The molecule has 0 bridgehead atoms. The van der Waals surface area contributed by atoms with E-state index in [0.29, 0.717) is 11.4 Å². The van der Waals surface area contributed by atoms with Gasteiger partial charge < -0.3 is 4.42 Å². The highest BCUT2D eigenvalue weighted by atomic mass is 16.3. The minimum atomic E-state index is -0.234. The average Bonchev–Trinajstić information content (AvgIpc) is 3.72. The normalized spacial score (nSPS) is 13.1. The van der Waals surface area contributed by atoms with E-state index in [4.69, 9.17) is 14.4 Å². The number of fused-ring (bicyclic) bond motifs is 9. The number of aromatic nitrogens is 2. The smallest absolute Gasteiger partial charge is 0.180 e. The number of furan rings is 1. The maximum Gasteiger partial charge on any atom is 0.180 e. The predicted octanol–water partition coefficient (Wildman–Crippen LogP) is 13.7. The first kappa shape index (κ1) is 30.8. The molecule has 8 aromatic carbocycles. The molecule has 254 valence electrons. The van der Waals surface area contributed by atoms with Gasteiger partial charge in [-0.15, -0.1) is 0 Å². The Bertz CT molecular complexity index is 3120. The number of rotatable bonds is 4. The van der Waals surface area contributed by atoms with E-state index in [2.05, 4.69) is 172 Å². The van der Waals surface area contributed by atoms with E-state index in [1.54, 1.807) is 0 Å². The van der Waals surface area contributed by atoms with E-state index >= 15 is 0 Å². The van der Waals surface area contributed by atoms with E-state index in [1.165, 1.54) is 60.7 Å². The van der Waals surface area contributed by atoms with Gasteiger partial charge in [-0.05, 0) is 102 Å². The first-order chi connectivity index (χ1) is 26.5. The Hall–Kier alpha value is -6.84. The van der Waals surface area contributed by atoms with Crippen molar-refractivity contribution >= 4 is 43.6 Å². The highest BCUT2D eigenvalue weighted by molar-refractivity contribution is 6.10. The zero-order chi connectivity index (χ0) is 36.0. The van der Waals surface area contributed by atoms with Crippen molar-refractivity contribution in [1.82, 2.24) is 9.97 Å². The fourth-order valence-corrected chi connectivity index (χ4v) is 8.80. The van der Waals surface area contributed by atoms with Crippen molar-refractivity contribution < 1.29 is 4.42 Å². The van der Waals surface area contributed by atoms with Crippen molar-refractivity contribution in [3.05, 3.63) is 181 Å². The standard InChI is InChI=1S/C51H34N2O/c1-51(2)43-19-11-9-17-39(43)45-42(30-37-25-23-36(29-41(37)46(45)51)32-15-7-4-8-16-32)50-52-47(49-48(53-50)40-18-10-12-20-44(40)54-49)38-26-24-34-27-33(21-22-35(34)28-38)31-13-5-3-6-14-31/h3-30H,1-2H3. The van der Waals surface area contributed by atoms with Crippen molar-refractivity contribution in [2.75, 3.05) is 0 Å². The Labute approximate surface area is 313 Å². The van der Waals surface area contributed by atoms with Gasteiger partial charge in [-0.3, -0.25) is 0 Å². The molecule has 0 fully saturated rings. The Morgan fingerprint density at radius 3 is 1.83 bits per heavy atom. The summed E-state index contributed by atoms with van der Waals surface area (Å²) in [6.07, 6.45) is 0. The summed E-state index contributed by atoms with van der Waals surface area (Å²) in [6, 6.07) is 60.7. The van der Waals surface area contributed by atoms with Crippen LogP contribution in [0.25, 0.3) is 99.6 Å². The predicted molar refractivity (Wildman–Crippen MR) is 224 cm³/mol. The minimum Gasteiger partial charge on any atom is -0.452 e. The fourth-order valence-electron chi connectivity index (χ4n) is 8.80. The number of benzene rings is 8. The van der Waals surface area contributed by atoms with Crippen molar-refractivity contribution in [2.24, 2.45) is 0 Å². The summed E-state index contributed by atoms with van der Waals surface area (Å²) < 4.78 is 6.60. The third kappa shape index (κ3) is 4.61. The molecule has 54 heavy (non-hydrogen) atoms. The molecule has 0 N–H and O–H groups in total. The Kier molecular flexibility index (Phi) is 6.60. The Balaban J connectivity index is 1.18. The van der Waals surface area contributed by atoms with Gasteiger partial charge in [0, 0.05) is 21.9 Å². The molecule has 0 spiro atoms. The molecule has 3 heteroatoms. The van der Waals surface area contributed by atoms with Crippen molar-refractivity contribution in [2.45, 2.75) is 19.3 Å². The van der Waals surface area contributed by atoms with Gasteiger partial charge in [-0.2, -0.15) is 0 Å². The van der Waals surface area contributed by atoms with Crippen LogP contribution in [0, 0.1) is 0 Å². The van der Waals surface area contributed by atoms with Crippen LogP contribution in [0.5, 0.6) is 0 Å². The van der Waals surface area contributed by atoms with Gasteiger partial charge in [0.1, 0.15) is 16.8 Å². The third-order valence-corrected chi connectivity index (χ3v) is 11.4. The van der Waals surface area contributed by atoms with Gasteiger partial charge in [0.25, 0.3) is 0 Å². The topological polar surface area (TPSA) is 38.9 Å². The zero-order valence-corrected chi connectivity index (χ0v) is 30.0. The van der Waals surface area contributed by atoms with Crippen LogP contribution >= 0.6 is 0 Å². The average molecular weight is 691 g/mol. The summed E-state index contributed by atoms with van der Waals surface area (Å²) in [5.74, 6) is 0.696. The monoisotopic (exact) mass is 690 g/mol. The summed E-state index contributed by atoms with van der Waals surface area (Å²) >= 11 is 0. The second-order valence-electron chi connectivity index (χ2n) is 15.0. The molecule has 11 rings (SSSR count). The first-order valence-corrected chi connectivity index (χ1v) is 18.6. The summed E-state index contributed by atoms with van der Waals surface area (Å²) in [4.78, 5) is 10.9. The van der Waals surface area contributed by atoms with E-state index in [1.807, 2.05) is 12.1 Å². The summed E-state index contributed by atoms with van der Waals surface area (Å²) in [6.45, 7) is 4.71. The lowest BCUT2D eigenvalue weighted by molar-refractivity contribution is 0.666. The second-order valence-corrected chi connectivity index (χ2v) is 15.0. The molecular formula is C51H34N2O. The van der Waals surface area contributed by atoms with Crippen LogP contribution < -0.4 is 0 Å². The molecule has 0 aliphatic heterocycles. The van der Waals surface area contributed by atoms with Crippen LogP contribution in [-0.2, 0) is 5.41 Å². The van der Waals surface area contributed by atoms with Crippen LogP contribution in [0.2, 0.25) is 0 Å². The lowest BCUT2D eigenvalue weighted by atomic mass is 9.79. The van der Waals surface area contributed by atoms with Crippen molar-refractivity contribution in [1.29, 1.82) is 0 Å². The number of para-hydroxylation sites is 1. The van der Waals surface area contributed by atoms with Crippen LogP contribution in [0.4, 0.5) is 0 Å². The Morgan fingerprint density at radius 1 is 0.463 bits per heavy atom. The molecule has 0 atom stereocenters. The van der Waals surface area contributed by atoms with Crippen LogP contribution in [0.3, 0.4) is 0 Å². The van der Waals surface area contributed by atoms with Crippen molar-refractivity contribution in [3.8, 4) is 56.0 Å². The highest BCUT2D eigenvalue weighted by Gasteiger charge is 2.39. The van der Waals surface area contributed by atoms with Gasteiger partial charge in [0.05, 0.1) is 0 Å². The van der Waals surface area contributed by atoms with Gasteiger partial charge in [0.15, 0.2) is 11.4 Å². The number of hydrogen-bond donors (Lipinski definition) is 0. The van der Waals surface area contributed by atoms with Gasteiger partial charge in [-0.1, -0.05) is 147 Å². The van der Waals surface area contributed by atoms with E-state index in [0.717, 1.165) is 38.7 Å². The van der Waals surface area contributed by atoms with Gasteiger partial charge >= 0.3 is 0 Å². The SMILES string of the molecule is CC1(C)c2ccccc2-c2c(-c3nc(-c4ccc5cc(-c6ccccc6)ccc5c4)c4oc5ccccc5c4n3)cc3ccc(-c4ccccc4)cc3c21. The molecule has 0 unspecified atom stereocenters. The molecule has 2 heterocycles. The molecule has 1 aliphatic carbocycles. The van der Waals surface area contributed by atoms with Crippen LogP contribution in [0.15, 0.2) is 174 Å². The van der Waals surface area contributed by atoms with Crippen LogP contribution in [-0.4, -0.2) is 9.97 Å². The van der Waals surface area contributed by atoms with Crippen molar-refractivity contribution in [3.63, 3.8) is 0 Å². The molecule has 2 aromatic heterocycles. The highest BCUT2D eigenvalue weighted by Crippen LogP contribution is 2.55. The minimum absolute atomic E-state index is 0.234. The summed E-state index contributed by atoms with van der Waals surface area (Å²) in [7, 11) is 0. The molecular weight excluding hydrogens is 657 g/mol. The van der Waals surface area contributed by atoms with E-state index in [9.17, 15) is 0 Å². The molecule has 0 amide bonds. The maximum atomic E-state index is 6.60. The maximum absolute atomic E-state index is 6.60. The van der Waals surface area contributed by atoms with Gasteiger partial charge in [0.2, 0.25) is 0 Å². The summed E-state index contributed by atoms with van der Waals surface area (Å²) in [5, 5.41) is 5.74. The van der Waals surface area contributed by atoms with Crippen LogP contribution in [0.1, 0.15) is 25.0 Å². The van der Waals surface area contributed by atoms with Gasteiger partial charge in [-0.25, -0.2) is 9.97 Å². The third-order valence-electron chi connectivity index (χ3n) is 11.4. The second kappa shape index (κ2) is 11.6. The lowest BCUT2D eigenvalue weighted by Gasteiger charge is -2.24. The summed E-state index contributed by atoms with van der Waals surface area (Å²) in [5.41, 5.74) is 14.8. The molecule has 0 saturated heterocycles. The lowest BCUT2D eigenvalue weighted by Crippen LogP contribution is -2.15. The largest absolute Gasteiger partial charge is 0.452 e. The number of nitrogens with zero attached hydrogens (tertiary/aromatic N) is 2. The molecule has 0 radical (unpaired) electrons. The zero-order valence-electron chi connectivity index (χ0n) is 30.0. The van der Waals surface area contributed by atoms with E-state index < -0.39 is 0 Å².